The van der Waals surface area contributed by atoms with E-state index in [0.717, 1.165) is 36.9 Å². The van der Waals surface area contributed by atoms with Crippen molar-refractivity contribution in [3.63, 3.8) is 0 Å². The van der Waals surface area contributed by atoms with Crippen molar-refractivity contribution in [2.24, 2.45) is 0 Å². The highest BCUT2D eigenvalue weighted by atomic mass is 32.2. The number of hydrogen-bond acceptors (Lipinski definition) is 6. The topological polar surface area (TPSA) is 51.0 Å². The van der Waals surface area contributed by atoms with Gasteiger partial charge < -0.3 is 9.47 Å². The van der Waals surface area contributed by atoms with Crippen molar-refractivity contribution in [2.75, 3.05) is 6.54 Å². The number of carbonyl (C=O) groups excluding carboxylic acids is 1. The third-order valence-corrected chi connectivity index (χ3v) is 8.25. The molecule has 3 aromatic rings. The summed E-state index contributed by atoms with van der Waals surface area (Å²) in [5.41, 5.74) is 1.31. The van der Waals surface area contributed by atoms with E-state index in [0.29, 0.717) is 6.04 Å². The quantitative estimate of drug-likeness (QED) is 0.544. The van der Waals surface area contributed by atoms with Crippen molar-refractivity contribution >= 4 is 40.3 Å². The Morgan fingerprint density at radius 2 is 2.18 bits per heavy atom. The Hall–Kier alpha value is -1.64. The van der Waals surface area contributed by atoms with E-state index in [-0.39, 0.29) is 11.2 Å². The second-order valence-electron chi connectivity index (χ2n) is 7.40. The Morgan fingerprint density at radius 3 is 2.96 bits per heavy atom. The summed E-state index contributed by atoms with van der Waals surface area (Å²) in [6, 6.07) is 6.87. The Labute approximate surface area is 176 Å². The van der Waals surface area contributed by atoms with Crippen LogP contribution in [0.5, 0.6) is 0 Å². The van der Waals surface area contributed by atoms with E-state index in [2.05, 4.69) is 43.7 Å². The van der Waals surface area contributed by atoms with Crippen LogP contribution in [0.1, 0.15) is 46.9 Å². The predicted molar refractivity (Wildman–Crippen MR) is 114 cm³/mol. The van der Waals surface area contributed by atoms with Gasteiger partial charge in [0, 0.05) is 35.3 Å². The zero-order valence-electron chi connectivity index (χ0n) is 15.7. The first-order chi connectivity index (χ1) is 13.7. The van der Waals surface area contributed by atoms with Gasteiger partial charge in [-0.25, -0.2) is 0 Å². The lowest BCUT2D eigenvalue weighted by Crippen LogP contribution is -2.39. The van der Waals surface area contributed by atoms with Crippen LogP contribution in [-0.2, 0) is 24.2 Å². The van der Waals surface area contributed by atoms with Crippen LogP contribution in [0, 0.1) is 0 Å². The minimum Gasteiger partial charge on any atom is -0.337 e. The van der Waals surface area contributed by atoms with Gasteiger partial charge in [-0.2, -0.15) is 0 Å². The Kier molecular flexibility index (Phi) is 5.02. The van der Waals surface area contributed by atoms with E-state index in [9.17, 15) is 4.79 Å². The zero-order chi connectivity index (χ0) is 19.1. The summed E-state index contributed by atoms with van der Waals surface area (Å²) in [5, 5.41) is 13.9. The summed E-state index contributed by atoms with van der Waals surface area (Å²) in [4.78, 5) is 17.8. The third-order valence-electron chi connectivity index (χ3n) is 5.31. The van der Waals surface area contributed by atoms with Crippen LogP contribution >= 0.6 is 34.4 Å². The van der Waals surface area contributed by atoms with Gasteiger partial charge in [-0.05, 0) is 54.6 Å². The van der Waals surface area contributed by atoms with Gasteiger partial charge in [0.25, 0.3) is 0 Å². The van der Waals surface area contributed by atoms with E-state index in [1.54, 1.807) is 34.4 Å². The maximum Gasteiger partial charge on any atom is 0.236 e. The van der Waals surface area contributed by atoms with Crippen LogP contribution in [0.3, 0.4) is 0 Å². The number of carbonyl (C=O) groups is 1. The fraction of sp³-hybridized carbons (Fsp3) is 0.450. The van der Waals surface area contributed by atoms with Crippen molar-refractivity contribution in [1.29, 1.82) is 0 Å². The molecule has 1 amide bonds. The number of aromatic nitrogens is 3. The number of fused-ring (bicyclic) bond motifs is 1. The fourth-order valence-corrected chi connectivity index (χ4v) is 6.29. The maximum atomic E-state index is 13.0. The first-order valence-electron chi connectivity index (χ1n) is 9.66. The van der Waals surface area contributed by atoms with Crippen molar-refractivity contribution in [2.45, 2.75) is 55.6 Å². The molecule has 1 aliphatic carbocycles. The molecular weight excluding hydrogens is 408 g/mol. The predicted octanol–water partition coefficient (Wildman–Crippen LogP) is 4.39. The minimum atomic E-state index is -0.156. The number of thiophene rings is 2. The molecule has 0 aromatic carbocycles. The number of hydrogen-bond donors (Lipinski definition) is 0. The van der Waals surface area contributed by atoms with Crippen LogP contribution in [-0.4, -0.2) is 37.4 Å². The summed E-state index contributed by atoms with van der Waals surface area (Å²) in [6.07, 6.45) is 4.15. The van der Waals surface area contributed by atoms with Gasteiger partial charge in [-0.3, -0.25) is 4.79 Å². The van der Waals surface area contributed by atoms with Gasteiger partial charge in [0.05, 0.1) is 5.25 Å². The highest BCUT2D eigenvalue weighted by Crippen LogP contribution is 2.40. The second-order valence-corrected chi connectivity index (χ2v) is 10.7. The Morgan fingerprint density at radius 1 is 1.29 bits per heavy atom. The largest absolute Gasteiger partial charge is 0.337 e. The number of amides is 1. The summed E-state index contributed by atoms with van der Waals surface area (Å²) in [5.74, 6) is 1.22. The zero-order valence-corrected chi connectivity index (χ0v) is 18.2. The average Bonchev–Trinajstić information content (AvgIpc) is 3.10. The minimum absolute atomic E-state index is 0.156. The highest BCUT2D eigenvalue weighted by molar-refractivity contribution is 8.00. The van der Waals surface area contributed by atoms with Gasteiger partial charge in [0.15, 0.2) is 5.16 Å². The van der Waals surface area contributed by atoms with Crippen LogP contribution in [0.2, 0.25) is 0 Å². The van der Waals surface area contributed by atoms with Crippen molar-refractivity contribution < 1.29 is 4.79 Å². The Balaban J connectivity index is 1.30. The SMILES string of the molecule is CC(Sc1nnc(Cc2cccs2)n1C1CC1)C(=O)N1CCc2sccc2C1. The molecule has 5 nitrogen and oxygen atoms in total. The van der Waals surface area contributed by atoms with Crippen LogP contribution in [0.25, 0.3) is 0 Å². The monoisotopic (exact) mass is 430 g/mol. The molecule has 146 valence electrons. The van der Waals surface area contributed by atoms with Gasteiger partial charge in [0.1, 0.15) is 5.82 Å². The van der Waals surface area contributed by atoms with Gasteiger partial charge >= 0.3 is 0 Å². The summed E-state index contributed by atoms with van der Waals surface area (Å²) in [6.45, 7) is 3.55. The van der Waals surface area contributed by atoms with E-state index < -0.39 is 0 Å². The van der Waals surface area contributed by atoms with Crippen LogP contribution in [0.15, 0.2) is 34.1 Å². The molecule has 1 aliphatic heterocycles. The highest BCUT2D eigenvalue weighted by Gasteiger charge is 2.32. The molecule has 5 rings (SSSR count). The molecule has 1 atom stereocenters. The molecule has 1 saturated carbocycles. The van der Waals surface area contributed by atoms with Gasteiger partial charge in [0.2, 0.25) is 5.91 Å². The van der Waals surface area contributed by atoms with Crippen molar-refractivity contribution in [1.82, 2.24) is 19.7 Å². The van der Waals surface area contributed by atoms with Gasteiger partial charge in [-0.1, -0.05) is 17.8 Å². The van der Waals surface area contributed by atoms with E-state index >= 15 is 0 Å². The van der Waals surface area contributed by atoms with E-state index in [1.165, 1.54) is 28.2 Å². The van der Waals surface area contributed by atoms with E-state index in [4.69, 9.17) is 0 Å². The lowest BCUT2D eigenvalue weighted by Gasteiger charge is -2.29. The molecule has 0 saturated heterocycles. The second kappa shape index (κ2) is 7.65. The van der Waals surface area contributed by atoms with Crippen LogP contribution in [0.4, 0.5) is 0 Å². The molecule has 0 radical (unpaired) electrons. The first kappa shape index (κ1) is 18.4. The van der Waals surface area contributed by atoms with E-state index in [1.807, 2.05) is 11.8 Å². The lowest BCUT2D eigenvalue weighted by atomic mass is 10.1. The van der Waals surface area contributed by atoms with Crippen LogP contribution < -0.4 is 0 Å². The molecule has 1 fully saturated rings. The molecule has 28 heavy (non-hydrogen) atoms. The molecule has 0 bridgehead atoms. The molecule has 3 aromatic heterocycles. The molecular formula is C20H22N4OS3. The average molecular weight is 431 g/mol. The number of thioether (sulfide) groups is 1. The number of nitrogens with zero attached hydrogens (tertiary/aromatic N) is 4. The summed E-state index contributed by atoms with van der Waals surface area (Å²) >= 11 is 5.12. The van der Waals surface area contributed by atoms with Crippen molar-refractivity contribution in [3.05, 3.63) is 50.1 Å². The van der Waals surface area contributed by atoms with Gasteiger partial charge in [-0.15, -0.1) is 32.9 Å². The molecule has 4 heterocycles. The number of rotatable bonds is 6. The molecule has 2 aliphatic rings. The Bertz CT molecular complexity index is 974. The summed E-state index contributed by atoms with van der Waals surface area (Å²) < 4.78 is 2.28. The first-order valence-corrected chi connectivity index (χ1v) is 12.3. The van der Waals surface area contributed by atoms with Crippen molar-refractivity contribution in [3.8, 4) is 0 Å². The normalized spacial score (nSPS) is 17.5. The lowest BCUT2D eigenvalue weighted by molar-refractivity contribution is -0.131. The molecule has 1 unspecified atom stereocenters. The smallest absolute Gasteiger partial charge is 0.236 e. The fourth-order valence-electron chi connectivity index (χ4n) is 3.68. The molecule has 0 spiro atoms. The molecule has 0 N–H and O–H groups in total. The standard InChI is InChI=1S/C20H22N4OS3/c1-13(19(25)23-8-6-17-14(12-23)7-10-27-17)28-20-22-21-18(24(20)15-4-5-15)11-16-3-2-9-26-16/h2-3,7,9-10,13,15H,4-6,8,11-12H2,1H3. The summed E-state index contributed by atoms with van der Waals surface area (Å²) in [7, 11) is 0. The maximum absolute atomic E-state index is 13.0. The third kappa shape index (κ3) is 3.65. The molecule has 8 heteroatoms.